The van der Waals surface area contributed by atoms with Gasteiger partial charge in [-0.2, -0.15) is 5.06 Å². The largest absolute Gasteiger partial charge is 1.00 e. The van der Waals surface area contributed by atoms with Crippen molar-refractivity contribution in [1.82, 2.24) is 10.4 Å². The molecule has 5 atom stereocenters. The van der Waals surface area contributed by atoms with Crippen LogP contribution in [0.15, 0.2) is 0 Å². The maximum atomic E-state index is 13.1. The van der Waals surface area contributed by atoms with Gasteiger partial charge in [0.15, 0.2) is 6.10 Å². The van der Waals surface area contributed by atoms with Gasteiger partial charge in [0.1, 0.15) is 0 Å². The predicted octanol–water partition coefficient (Wildman–Crippen LogP) is 4.27. The summed E-state index contributed by atoms with van der Waals surface area (Å²) in [7, 11) is -0.928. The first-order valence-electron chi connectivity index (χ1n) is 15.3. The summed E-state index contributed by atoms with van der Waals surface area (Å²) in [6.07, 6.45) is 16.1. The van der Waals surface area contributed by atoms with Crippen molar-refractivity contribution in [3.05, 3.63) is 0 Å². The van der Waals surface area contributed by atoms with E-state index in [1.54, 1.807) is 0 Å². The molecule has 5 unspecified atom stereocenters. The molecule has 5 nitrogen and oxygen atoms in total. The average Bonchev–Trinajstić information content (AvgIpc) is 2.88. The van der Waals surface area contributed by atoms with Crippen LogP contribution in [0.25, 0.3) is 0 Å². The quantitative estimate of drug-likeness (QED) is 0.180. The third-order valence-electron chi connectivity index (χ3n) is 9.34. The number of carbonyl (C=O) groups excluding carboxylic acids is 1. The second-order valence-electron chi connectivity index (χ2n) is 12.1. The van der Waals surface area contributed by atoms with Gasteiger partial charge in [-0.05, 0) is 65.7 Å². The number of halogens is 1. The van der Waals surface area contributed by atoms with Crippen LogP contribution in [0, 0.1) is 5.92 Å². The standard InChI is InChI=1S/C30H61N2O3P.BrH/c1-10-15-20-36(21-16-11-2,22-17-12-3)23-18-19-31-28(34)26(7)35-32-29(8,13-4)24-27(33)25(6)30(32,9)14-5;/h25-27,33H,10-24H2,1-9H3;1H. The number of nitrogens with zero attached hydrogens (tertiary/aromatic N) is 1. The Hall–Kier alpha value is 0.260. The lowest BCUT2D eigenvalue weighted by Gasteiger charge is -2.58. The van der Waals surface area contributed by atoms with Crippen LogP contribution >= 0.6 is 7.26 Å². The summed E-state index contributed by atoms with van der Waals surface area (Å²) in [6, 6.07) is 0. The number of piperidine rings is 1. The highest BCUT2D eigenvalue weighted by molar-refractivity contribution is 7.75. The Labute approximate surface area is 241 Å². The molecular weight excluding hydrogens is 547 g/mol. The molecule has 0 bridgehead atoms. The summed E-state index contributed by atoms with van der Waals surface area (Å²) in [5, 5.41) is 16.1. The number of carbonyl (C=O) groups is 1. The van der Waals surface area contributed by atoms with E-state index in [0.717, 1.165) is 25.8 Å². The molecule has 0 aromatic heterocycles. The molecule has 0 aromatic carbocycles. The first-order valence-corrected chi connectivity index (χ1v) is 17.8. The van der Waals surface area contributed by atoms with Crippen LogP contribution in [0.1, 0.15) is 127 Å². The summed E-state index contributed by atoms with van der Waals surface area (Å²) >= 11 is 0. The third kappa shape index (κ3) is 10.3. The summed E-state index contributed by atoms with van der Waals surface area (Å²) < 4.78 is 0. The maximum Gasteiger partial charge on any atom is 0.250 e. The van der Waals surface area contributed by atoms with Crippen LogP contribution in [0.3, 0.4) is 0 Å². The molecule has 0 saturated carbocycles. The van der Waals surface area contributed by atoms with E-state index in [0.29, 0.717) is 6.42 Å². The number of nitrogens with one attached hydrogen (secondary N) is 1. The average molecular weight is 610 g/mol. The number of amides is 1. The van der Waals surface area contributed by atoms with Crippen LogP contribution < -0.4 is 22.3 Å². The summed E-state index contributed by atoms with van der Waals surface area (Å²) in [5.41, 5.74) is -0.619. The summed E-state index contributed by atoms with van der Waals surface area (Å²) in [4.78, 5) is 19.6. The van der Waals surface area contributed by atoms with E-state index in [2.05, 4.69) is 65.8 Å². The first-order chi connectivity index (χ1) is 17.0. The smallest absolute Gasteiger partial charge is 0.250 e. The molecule has 0 aromatic rings. The van der Waals surface area contributed by atoms with Gasteiger partial charge in [0.2, 0.25) is 0 Å². The van der Waals surface area contributed by atoms with Crippen LogP contribution in [0.5, 0.6) is 0 Å². The molecule has 1 aliphatic heterocycles. The van der Waals surface area contributed by atoms with E-state index >= 15 is 0 Å². The van der Waals surface area contributed by atoms with Crippen molar-refractivity contribution >= 4 is 13.2 Å². The molecule has 1 fully saturated rings. The molecule has 1 aliphatic rings. The minimum atomic E-state index is -0.928. The van der Waals surface area contributed by atoms with Crippen LogP contribution in [-0.2, 0) is 9.63 Å². The Morgan fingerprint density at radius 1 is 0.973 bits per heavy atom. The van der Waals surface area contributed by atoms with Gasteiger partial charge in [0.25, 0.3) is 5.91 Å². The molecule has 1 amide bonds. The van der Waals surface area contributed by atoms with Gasteiger partial charge in [-0.3, -0.25) is 9.63 Å². The Morgan fingerprint density at radius 2 is 1.46 bits per heavy atom. The fourth-order valence-corrected chi connectivity index (χ4v) is 11.2. The zero-order valence-corrected chi connectivity index (χ0v) is 28.4. The molecule has 0 aliphatic carbocycles. The van der Waals surface area contributed by atoms with Gasteiger partial charge in [0, 0.05) is 30.8 Å². The zero-order chi connectivity index (χ0) is 27.4. The molecule has 2 N–H and O–H groups in total. The second kappa shape index (κ2) is 17.8. The lowest BCUT2D eigenvalue weighted by atomic mass is 9.69. The number of hydroxylamine groups is 2. The Morgan fingerprint density at radius 3 is 1.89 bits per heavy atom. The highest BCUT2D eigenvalue weighted by Crippen LogP contribution is 2.61. The summed E-state index contributed by atoms with van der Waals surface area (Å²) in [6.45, 7) is 20.3. The highest BCUT2D eigenvalue weighted by Gasteiger charge is 2.54. The number of aliphatic hydroxyl groups excluding tert-OH is 1. The molecule has 7 heteroatoms. The van der Waals surface area contributed by atoms with Crippen molar-refractivity contribution in [2.24, 2.45) is 5.92 Å². The molecule has 37 heavy (non-hydrogen) atoms. The fourth-order valence-electron chi connectivity index (χ4n) is 6.05. The SMILES string of the molecule is CCCC[P+](CCCC)(CCCC)CCCNC(=O)C(C)ON1C(C)(CC)CC(O)C(C)C1(C)CC.[Br-]. The second-order valence-corrected chi connectivity index (χ2v) is 16.6. The minimum absolute atomic E-state index is 0. The zero-order valence-electron chi connectivity index (χ0n) is 25.9. The van der Waals surface area contributed by atoms with E-state index in [-0.39, 0.29) is 46.0 Å². The normalized spacial score (nSPS) is 27.5. The Bertz CT molecular complexity index is 618. The molecule has 1 saturated heterocycles. The number of rotatable bonds is 18. The number of aliphatic hydroxyl groups is 1. The molecular formula is C30H62BrN2O3P. The molecule has 1 rings (SSSR count). The van der Waals surface area contributed by atoms with Crippen molar-refractivity contribution in [3.8, 4) is 0 Å². The Balaban J connectivity index is 0.0000130. The lowest BCUT2D eigenvalue weighted by Crippen LogP contribution is -3.00. The molecule has 1 heterocycles. The number of unbranched alkanes of at least 4 members (excludes halogenated alkanes) is 3. The van der Waals surface area contributed by atoms with Crippen LogP contribution in [0.4, 0.5) is 0 Å². The highest BCUT2D eigenvalue weighted by atomic mass is 79.9. The molecule has 0 spiro atoms. The van der Waals surface area contributed by atoms with Gasteiger partial charge in [-0.1, -0.05) is 60.8 Å². The van der Waals surface area contributed by atoms with Crippen LogP contribution in [-0.4, -0.2) is 70.6 Å². The van der Waals surface area contributed by atoms with E-state index in [1.165, 1.54) is 63.2 Å². The number of hydrogen-bond donors (Lipinski definition) is 2. The van der Waals surface area contributed by atoms with E-state index in [9.17, 15) is 9.90 Å². The monoisotopic (exact) mass is 608 g/mol. The van der Waals surface area contributed by atoms with Gasteiger partial charge in [0.05, 0.1) is 30.8 Å². The van der Waals surface area contributed by atoms with E-state index < -0.39 is 13.4 Å². The maximum absolute atomic E-state index is 13.1. The molecule has 222 valence electrons. The number of hydrogen-bond acceptors (Lipinski definition) is 4. The van der Waals surface area contributed by atoms with Crippen molar-refractivity contribution in [1.29, 1.82) is 0 Å². The van der Waals surface area contributed by atoms with Gasteiger partial charge >= 0.3 is 0 Å². The van der Waals surface area contributed by atoms with Gasteiger partial charge in [-0.15, -0.1) is 0 Å². The van der Waals surface area contributed by atoms with Gasteiger partial charge in [-0.25, -0.2) is 0 Å². The van der Waals surface area contributed by atoms with Gasteiger partial charge < -0.3 is 27.4 Å². The predicted molar refractivity (Wildman–Crippen MR) is 158 cm³/mol. The molecule has 0 radical (unpaired) electrons. The minimum Gasteiger partial charge on any atom is -1.00 e. The third-order valence-corrected chi connectivity index (χ3v) is 14.4. The van der Waals surface area contributed by atoms with Crippen molar-refractivity contribution in [2.45, 2.75) is 150 Å². The fraction of sp³-hybridized carbons (Fsp3) is 0.967. The first kappa shape index (κ1) is 37.3. The van der Waals surface area contributed by atoms with Crippen molar-refractivity contribution in [2.75, 3.05) is 31.2 Å². The Kier molecular flexibility index (Phi) is 18.0. The summed E-state index contributed by atoms with van der Waals surface area (Å²) in [5.74, 6) is 0.0501. The van der Waals surface area contributed by atoms with Crippen molar-refractivity contribution in [3.63, 3.8) is 0 Å². The van der Waals surface area contributed by atoms with Crippen LogP contribution in [0.2, 0.25) is 0 Å². The van der Waals surface area contributed by atoms with E-state index in [4.69, 9.17) is 4.84 Å². The van der Waals surface area contributed by atoms with Crippen molar-refractivity contribution < 1.29 is 31.7 Å². The topological polar surface area (TPSA) is 61.8 Å². The lowest BCUT2D eigenvalue weighted by molar-refractivity contribution is -0.328. The van der Waals surface area contributed by atoms with E-state index in [1.807, 2.05) is 6.92 Å².